The molecule has 1 aromatic heterocycles. The van der Waals surface area contributed by atoms with Crippen LogP contribution < -0.4 is 10.1 Å². The van der Waals surface area contributed by atoms with Crippen LogP contribution in [0.5, 0.6) is 5.75 Å². The van der Waals surface area contributed by atoms with E-state index in [1.807, 2.05) is 73.0 Å². The molecular weight excluding hydrogens is 468 g/mol. The van der Waals surface area contributed by atoms with Crippen LogP contribution in [0, 0.1) is 6.92 Å². The Balaban J connectivity index is 1.54. The van der Waals surface area contributed by atoms with Crippen LogP contribution in [0.4, 0.5) is 5.69 Å². The zero-order valence-corrected chi connectivity index (χ0v) is 20.6. The number of thioether (sulfide) groups is 1. The SMILES string of the molecule is CCOc1ccc(-n2c(Cc3ccccc3)nnc2SCC(=O)Nc2ccc(C)c(Cl)c2)cc1. The number of anilines is 1. The Kier molecular flexibility index (Phi) is 7.87. The van der Waals surface area contributed by atoms with Gasteiger partial charge in [0, 0.05) is 22.8 Å². The fraction of sp³-hybridized carbons (Fsp3) is 0.192. The van der Waals surface area contributed by atoms with E-state index >= 15 is 0 Å². The molecule has 0 unspecified atom stereocenters. The molecular formula is C26H25ClN4O2S. The standard InChI is InChI=1S/C26H25ClN4O2S/c1-3-33-22-13-11-21(12-14-22)31-24(15-19-7-5-4-6-8-19)29-30-26(31)34-17-25(32)28-20-10-9-18(2)23(27)16-20/h4-14,16H,3,15,17H2,1-2H3,(H,28,32). The van der Waals surface area contributed by atoms with Crippen molar-refractivity contribution in [2.75, 3.05) is 17.7 Å². The van der Waals surface area contributed by atoms with Crippen LogP contribution in [0.1, 0.15) is 23.9 Å². The topological polar surface area (TPSA) is 69.0 Å². The van der Waals surface area contributed by atoms with Crippen LogP contribution in [0.25, 0.3) is 5.69 Å². The smallest absolute Gasteiger partial charge is 0.234 e. The molecule has 0 aliphatic carbocycles. The summed E-state index contributed by atoms with van der Waals surface area (Å²) >= 11 is 7.51. The second-order valence-electron chi connectivity index (χ2n) is 7.62. The molecule has 3 aromatic carbocycles. The van der Waals surface area contributed by atoms with Gasteiger partial charge in [-0.3, -0.25) is 9.36 Å². The first-order chi connectivity index (χ1) is 16.5. The number of amides is 1. The van der Waals surface area contributed by atoms with Gasteiger partial charge in [0.1, 0.15) is 11.6 Å². The number of hydrogen-bond donors (Lipinski definition) is 1. The molecule has 1 amide bonds. The van der Waals surface area contributed by atoms with Crippen molar-refractivity contribution in [1.82, 2.24) is 14.8 Å². The summed E-state index contributed by atoms with van der Waals surface area (Å²) in [5.74, 6) is 1.64. The Morgan fingerprint density at radius 3 is 2.53 bits per heavy atom. The summed E-state index contributed by atoms with van der Waals surface area (Å²) in [5.41, 5.74) is 3.67. The molecule has 0 spiro atoms. The van der Waals surface area contributed by atoms with Crippen molar-refractivity contribution >= 4 is 35.0 Å². The maximum Gasteiger partial charge on any atom is 0.234 e. The molecule has 34 heavy (non-hydrogen) atoms. The van der Waals surface area contributed by atoms with E-state index in [-0.39, 0.29) is 11.7 Å². The lowest BCUT2D eigenvalue weighted by molar-refractivity contribution is -0.113. The van der Waals surface area contributed by atoms with Crippen LogP contribution in [-0.4, -0.2) is 33.0 Å². The first-order valence-electron chi connectivity index (χ1n) is 10.9. The van der Waals surface area contributed by atoms with Gasteiger partial charge in [0.15, 0.2) is 5.16 Å². The summed E-state index contributed by atoms with van der Waals surface area (Å²) in [6.45, 7) is 4.48. The number of nitrogens with one attached hydrogen (secondary N) is 1. The Morgan fingerprint density at radius 2 is 1.82 bits per heavy atom. The lowest BCUT2D eigenvalue weighted by Crippen LogP contribution is -2.14. The van der Waals surface area contributed by atoms with Gasteiger partial charge in [-0.15, -0.1) is 10.2 Å². The van der Waals surface area contributed by atoms with E-state index in [0.717, 1.165) is 28.4 Å². The summed E-state index contributed by atoms with van der Waals surface area (Å²) in [6.07, 6.45) is 0.621. The quantitative estimate of drug-likeness (QED) is 0.292. The Morgan fingerprint density at radius 1 is 1.06 bits per heavy atom. The van der Waals surface area contributed by atoms with E-state index < -0.39 is 0 Å². The average Bonchev–Trinajstić information content (AvgIpc) is 3.24. The summed E-state index contributed by atoms with van der Waals surface area (Å²) in [4.78, 5) is 12.6. The molecule has 1 heterocycles. The van der Waals surface area contributed by atoms with E-state index in [4.69, 9.17) is 16.3 Å². The normalized spacial score (nSPS) is 10.8. The first kappa shape index (κ1) is 23.9. The van der Waals surface area contributed by atoms with Crippen molar-refractivity contribution in [2.24, 2.45) is 0 Å². The third-order valence-corrected chi connectivity index (χ3v) is 6.44. The van der Waals surface area contributed by atoms with Gasteiger partial charge in [-0.1, -0.05) is 59.8 Å². The maximum atomic E-state index is 12.6. The summed E-state index contributed by atoms with van der Waals surface area (Å²) in [6, 6.07) is 23.4. The number of aromatic nitrogens is 3. The van der Waals surface area contributed by atoms with Crippen molar-refractivity contribution in [3.05, 3.63) is 94.8 Å². The summed E-state index contributed by atoms with van der Waals surface area (Å²) in [5, 5.41) is 13.0. The average molecular weight is 493 g/mol. The molecule has 174 valence electrons. The second kappa shape index (κ2) is 11.2. The lowest BCUT2D eigenvalue weighted by Gasteiger charge is -2.12. The van der Waals surface area contributed by atoms with Crippen molar-refractivity contribution in [1.29, 1.82) is 0 Å². The molecule has 4 rings (SSSR count). The second-order valence-corrected chi connectivity index (χ2v) is 8.97. The number of aryl methyl sites for hydroxylation is 1. The molecule has 0 saturated heterocycles. The molecule has 0 aliphatic heterocycles. The summed E-state index contributed by atoms with van der Waals surface area (Å²) in [7, 11) is 0. The van der Waals surface area contributed by atoms with E-state index in [9.17, 15) is 4.79 Å². The Labute approximate surface area is 208 Å². The molecule has 0 saturated carbocycles. The molecule has 0 fully saturated rings. The fourth-order valence-corrected chi connectivity index (χ4v) is 4.35. The number of nitrogens with zero attached hydrogens (tertiary/aromatic N) is 3. The van der Waals surface area contributed by atoms with Crippen LogP contribution in [0.15, 0.2) is 78.0 Å². The molecule has 0 radical (unpaired) electrons. The van der Waals surface area contributed by atoms with E-state index in [2.05, 4.69) is 27.6 Å². The van der Waals surface area contributed by atoms with Gasteiger partial charge in [0.25, 0.3) is 0 Å². The number of halogens is 1. The predicted molar refractivity (Wildman–Crippen MR) is 137 cm³/mol. The number of benzene rings is 3. The van der Waals surface area contributed by atoms with Gasteiger partial charge < -0.3 is 10.1 Å². The van der Waals surface area contributed by atoms with Gasteiger partial charge in [-0.2, -0.15) is 0 Å². The maximum absolute atomic E-state index is 12.6. The highest BCUT2D eigenvalue weighted by atomic mass is 35.5. The lowest BCUT2D eigenvalue weighted by atomic mass is 10.1. The third kappa shape index (κ3) is 5.98. The van der Waals surface area contributed by atoms with Gasteiger partial charge in [-0.05, 0) is 61.4 Å². The fourth-order valence-electron chi connectivity index (χ4n) is 3.40. The van der Waals surface area contributed by atoms with Crippen LogP contribution in [-0.2, 0) is 11.2 Å². The van der Waals surface area contributed by atoms with Crippen LogP contribution in [0.2, 0.25) is 5.02 Å². The number of hydrogen-bond acceptors (Lipinski definition) is 5. The Hall–Kier alpha value is -3.29. The van der Waals surface area contributed by atoms with Crippen molar-refractivity contribution in [3.8, 4) is 11.4 Å². The molecule has 0 aliphatic rings. The molecule has 0 atom stereocenters. The van der Waals surface area contributed by atoms with E-state index in [1.54, 1.807) is 6.07 Å². The molecule has 1 N–H and O–H groups in total. The molecule has 4 aromatic rings. The van der Waals surface area contributed by atoms with Gasteiger partial charge in [0.2, 0.25) is 5.91 Å². The largest absolute Gasteiger partial charge is 0.494 e. The predicted octanol–water partition coefficient (Wildman–Crippen LogP) is 5.95. The third-order valence-electron chi connectivity index (χ3n) is 5.10. The molecule has 6 nitrogen and oxygen atoms in total. The van der Waals surface area contributed by atoms with Crippen molar-refractivity contribution in [2.45, 2.75) is 25.4 Å². The molecule has 0 bridgehead atoms. The van der Waals surface area contributed by atoms with Gasteiger partial charge in [-0.25, -0.2) is 0 Å². The number of carbonyl (C=O) groups is 1. The minimum absolute atomic E-state index is 0.143. The highest BCUT2D eigenvalue weighted by Crippen LogP contribution is 2.26. The minimum atomic E-state index is -0.143. The van der Waals surface area contributed by atoms with E-state index in [0.29, 0.717) is 28.9 Å². The van der Waals surface area contributed by atoms with Crippen LogP contribution >= 0.6 is 23.4 Å². The summed E-state index contributed by atoms with van der Waals surface area (Å²) < 4.78 is 7.57. The minimum Gasteiger partial charge on any atom is -0.494 e. The van der Waals surface area contributed by atoms with Gasteiger partial charge in [0.05, 0.1) is 12.4 Å². The Bertz CT molecular complexity index is 1260. The van der Waals surface area contributed by atoms with Gasteiger partial charge >= 0.3 is 0 Å². The number of rotatable bonds is 9. The highest BCUT2D eigenvalue weighted by molar-refractivity contribution is 7.99. The highest BCUT2D eigenvalue weighted by Gasteiger charge is 2.17. The van der Waals surface area contributed by atoms with Crippen molar-refractivity contribution in [3.63, 3.8) is 0 Å². The van der Waals surface area contributed by atoms with Crippen molar-refractivity contribution < 1.29 is 9.53 Å². The van der Waals surface area contributed by atoms with Crippen LogP contribution in [0.3, 0.4) is 0 Å². The molecule has 8 heteroatoms. The zero-order valence-electron chi connectivity index (χ0n) is 19.0. The number of carbonyl (C=O) groups excluding carboxylic acids is 1. The monoisotopic (exact) mass is 492 g/mol. The first-order valence-corrected chi connectivity index (χ1v) is 12.3. The zero-order chi connectivity index (χ0) is 23.9. The van der Waals surface area contributed by atoms with E-state index in [1.165, 1.54) is 11.8 Å². The number of ether oxygens (including phenoxy) is 1.